The van der Waals surface area contributed by atoms with Crippen LogP contribution in [0.5, 0.6) is 0 Å². The van der Waals surface area contributed by atoms with Crippen molar-refractivity contribution in [3.8, 4) is 0 Å². The van der Waals surface area contributed by atoms with E-state index in [9.17, 15) is 0 Å². The van der Waals surface area contributed by atoms with Crippen LogP contribution in [-0.4, -0.2) is 17.1 Å². The second-order valence-electron chi connectivity index (χ2n) is 0.298. The Morgan fingerprint density at radius 3 is 1.22 bits per heavy atom. The van der Waals surface area contributed by atoms with Gasteiger partial charge in [-0.3, -0.25) is 0 Å². The van der Waals surface area contributed by atoms with E-state index in [4.69, 9.17) is 35.3 Å². The van der Waals surface area contributed by atoms with Gasteiger partial charge < -0.3 is 26.0 Å². The van der Waals surface area contributed by atoms with Crippen molar-refractivity contribution in [2.45, 2.75) is 0 Å². The molecule has 0 aromatic carbocycles. The summed E-state index contributed by atoms with van der Waals surface area (Å²) >= 11 is 0.382. The fourth-order valence-corrected chi connectivity index (χ4v) is 0. The van der Waals surface area contributed by atoms with Crippen molar-refractivity contribution >= 4 is 26.4 Å². The molecule has 0 aromatic rings. The first-order valence-corrected chi connectivity index (χ1v) is 3.73. The van der Waals surface area contributed by atoms with Gasteiger partial charge >= 0.3 is 33.2 Å². The number of carbonyl (C=O) groups is 1. The van der Waals surface area contributed by atoms with Crippen molar-refractivity contribution in [3.63, 3.8) is 0 Å². The number of carboxylic acid groups (broad SMARTS) is 2. The topological polar surface area (TPSA) is 126 Å². The van der Waals surface area contributed by atoms with Crippen LogP contribution < -0.4 is 10.2 Å². The molecule has 0 atom stereocenters. The van der Waals surface area contributed by atoms with Crippen LogP contribution in [-0.2, 0) is 12.9 Å². The van der Waals surface area contributed by atoms with Gasteiger partial charge in [0, 0.05) is 0 Å². The summed E-state index contributed by atoms with van der Waals surface area (Å²) in [6, 6.07) is 0. The van der Waals surface area contributed by atoms with Crippen LogP contribution in [0.15, 0.2) is 0 Å². The zero-order chi connectivity index (χ0) is 6.28. The molecule has 8 heteroatoms. The number of carbonyl (C=O) groups excluding carboxylic acids is 1. The van der Waals surface area contributed by atoms with Crippen molar-refractivity contribution < 1.29 is 38.9 Å². The average Bonchev–Trinajstić information content (AvgIpc) is 1.33. The maximum absolute atomic E-state index is 8.33. The van der Waals surface area contributed by atoms with E-state index in [2.05, 4.69) is 0 Å². The number of rotatable bonds is 0. The Balaban J connectivity index is -0.0000000233. The van der Waals surface area contributed by atoms with Gasteiger partial charge in [-0.1, -0.05) is 0 Å². The van der Waals surface area contributed by atoms with Gasteiger partial charge in [0.1, 0.15) is 0 Å². The van der Waals surface area contributed by atoms with E-state index in [0.717, 1.165) is 0 Å². The van der Waals surface area contributed by atoms with E-state index in [1.165, 1.54) is 0 Å². The van der Waals surface area contributed by atoms with Gasteiger partial charge in [-0.25, -0.2) is 0 Å². The molecule has 0 saturated carbocycles. The molecule has 0 aliphatic heterocycles. The molecule has 63 valence electrons. The number of hydrogen-bond donors (Lipinski definition) is 0. The normalized spacial score (nSPS) is 5.11. The molecule has 0 saturated heterocycles. The molecule has 0 bridgehead atoms. The predicted octanol–water partition coefficient (Wildman–Crippen LogP) is -2.72. The molecular weight excluding hydrogens is 222 g/mol. The fourth-order valence-electron chi connectivity index (χ4n) is 0. The van der Waals surface area contributed by atoms with Crippen molar-refractivity contribution in [1.82, 2.24) is 0 Å². The summed E-state index contributed by atoms with van der Waals surface area (Å²) in [6.45, 7) is 0. The fraction of sp³-hybridized carbons (Fsp3) is 0. The average molecular weight is 226 g/mol. The van der Waals surface area contributed by atoms with Crippen LogP contribution in [0.3, 0.4) is 0 Å². The van der Waals surface area contributed by atoms with Crippen molar-refractivity contribution in [1.29, 1.82) is 0 Å². The Kier molecular flexibility index (Phi) is 60.8. The Hall–Kier alpha value is 0.276. The van der Waals surface area contributed by atoms with E-state index in [0.29, 0.717) is 12.9 Å². The van der Waals surface area contributed by atoms with Gasteiger partial charge in [-0.2, -0.15) is 0 Å². The molecule has 0 heterocycles. The summed E-state index contributed by atoms with van der Waals surface area (Å²) in [5, 5.41) is 16.7. The Bertz CT molecular complexity index is 46.2. The first kappa shape index (κ1) is 22.8. The summed E-state index contributed by atoms with van der Waals surface area (Å²) in [6.07, 6.45) is -2.33. The van der Waals surface area contributed by atoms with Gasteiger partial charge in [0.05, 0.1) is 0 Å². The third-order valence-corrected chi connectivity index (χ3v) is 0. The molecule has 0 spiro atoms. The molecule has 9 heavy (non-hydrogen) atoms. The van der Waals surface area contributed by atoms with E-state index in [1.807, 2.05) is 0 Å². The molecule has 0 unspecified atom stereocenters. The van der Waals surface area contributed by atoms with E-state index < -0.39 is 6.16 Å². The first-order chi connectivity index (χ1) is 3.15. The van der Waals surface area contributed by atoms with Crippen LogP contribution in [0.25, 0.3) is 0 Å². The van der Waals surface area contributed by atoms with Crippen LogP contribution in [0, 0.1) is 0 Å². The molecule has 5 nitrogen and oxygen atoms in total. The molecular formula is CH4Cl2CoO5-2. The van der Waals surface area contributed by atoms with Crippen LogP contribution in [0.1, 0.15) is 0 Å². The van der Waals surface area contributed by atoms with Crippen LogP contribution in [0.4, 0.5) is 4.79 Å². The molecule has 0 aliphatic carbocycles. The molecule has 0 rings (SSSR count). The Morgan fingerprint density at radius 1 is 1.22 bits per heavy atom. The summed E-state index contributed by atoms with van der Waals surface area (Å²) < 4.78 is 0. The van der Waals surface area contributed by atoms with Crippen LogP contribution in [0.2, 0.25) is 0 Å². The second-order valence-corrected chi connectivity index (χ2v) is 2.02. The van der Waals surface area contributed by atoms with Crippen molar-refractivity contribution in [3.05, 3.63) is 0 Å². The van der Waals surface area contributed by atoms with E-state index in [-0.39, 0.29) is 11.0 Å². The van der Waals surface area contributed by atoms with E-state index >= 15 is 0 Å². The molecule has 0 fully saturated rings. The van der Waals surface area contributed by atoms with Gasteiger partial charge in [0.25, 0.3) is 0 Å². The van der Waals surface area contributed by atoms with Gasteiger partial charge in [0.15, 0.2) is 0 Å². The third-order valence-electron chi connectivity index (χ3n) is 0. The Labute approximate surface area is 65.7 Å². The van der Waals surface area contributed by atoms with Crippen molar-refractivity contribution in [2.24, 2.45) is 0 Å². The monoisotopic (exact) mass is 225 g/mol. The minimum atomic E-state index is -2.33. The quantitative estimate of drug-likeness (QED) is 0.445. The zero-order valence-corrected chi connectivity index (χ0v) is 6.37. The standard InChI is InChI=1S/CH2O3.2ClH.Co.2H2O/c2-1(3)4;;;;;/h(H2,2,3,4);2*1H;;2*1H2/q;;;+2;;/p-4. The van der Waals surface area contributed by atoms with Gasteiger partial charge in [-0.05, 0) is 6.16 Å². The van der Waals surface area contributed by atoms with E-state index in [1.54, 1.807) is 0 Å². The Morgan fingerprint density at radius 2 is 1.22 bits per heavy atom. The molecule has 4 N–H and O–H groups in total. The molecule has 0 amide bonds. The van der Waals surface area contributed by atoms with Crippen molar-refractivity contribution in [2.75, 3.05) is 0 Å². The maximum atomic E-state index is 8.33. The molecule has 0 radical (unpaired) electrons. The summed E-state index contributed by atoms with van der Waals surface area (Å²) in [5.41, 5.74) is 0. The summed E-state index contributed by atoms with van der Waals surface area (Å²) in [5.74, 6) is 0. The SMILES string of the molecule is O.O.O=C([O-])[O-].[Cl][Co][Cl]. The summed E-state index contributed by atoms with van der Waals surface area (Å²) in [7, 11) is 9.47. The number of hydrogen-bond acceptors (Lipinski definition) is 3. The van der Waals surface area contributed by atoms with Crippen LogP contribution >= 0.6 is 20.3 Å². The number of halogens is 2. The predicted molar refractivity (Wildman–Crippen MR) is 24.3 cm³/mol. The van der Waals surface area contributed by atoms with Gasteiger partial charge in [0.2, 0.25) is 0 Å². The summed E-state index contributed by atoms with van der Waals surface area (Å²) in [4.78, 5) is 8.33. The molecule has 0 aromatic heterocycles. The third kappa shape index (κ3) is 4260. The minimum absolute atomic E-state index is 0. The second kappa shape index (κ2) is 24.0. The first-order valence-electron chi connectivity index (χ1n) is 0.864. The van der Waals surface area contributed by atoms with Gasteiger partial charge in [-0.15, -0.1) is 0 Å². The molecule has 0 aliphatic rings. The zero-order valence-electron chi connectivity index (χ0n) is 3.81.